The third kappa shape index (κ3) is 3.00. The SMILES string of the molecule is COc1cccc2c1CC(C)C(O)(C(F)(F)F)C2(C)Nc1cccc2[nH]c(=O)ccc12. The summed E-state index contributed by atoms with van der Waals surface area (Å²) in [6.45, 7) is 2.75. The lowest BCUT2D eigenvalue weighted by Crippen LogP contribution is -2.68. The van der Waals surface area contributed by atoms with E-state index in [1.165, 1.54) is 27.0 Å². The van der Waals surface area contributed by atoms with Crippen LogP contribution < -0.4 is 15.6 Å². The maximum atomic E-state index is 14.4. The second kappa shape index (κ2) is 7.02. The van der Waals surface area contributed by atoms with Crippen LogP contribution in [0.2, 0.25) is 0 Å². The van der Waals surface area contributed by atoms with Crippen LogP contribution in [0.3, 0.4) is 0 Å². The van der Waals surface area contributed by atoms with Crippen molar-refractivity contribution in [2.75, 3.05) is 12.4 Å². The van der Waals surface area contributed by atoms with Crippen LogP contribution in [0.15, 0.2) is 53.3 Å². The lowest BCUT2D eigenvalue weighted by atomic mass is 9.61. The normalized spacial score (nSPS) is 25.8. The second-order valence-corrected chi connectivity index (χ2v) is 8.20. The molecule has 3 aromatic rings. The van der Waals surface area contributed by atoms with Crippen LogP contribution in [0.4, 0.5) is 18.9 Å². The van der Waals surface area contributed by atoms with Gasteiger partial charge in [0.1, 0.15) is 5.75 Å². The zero-order valence-corrected chi connectivity index (χ0v) is 17.3. The Labute approximate surface area is 176 Å². The predicted octanol–water partition coefficient (Wildman–Crippen LogP) is 4.35. The number of ether oxygens (including phenoxy) is 1. The number of fused-ring (bicyclic) bond motifs is 2. The summed E-state index contributed by atoms with van der Waals surface area (Å²) in [5.41, 5.74) is -3.54. The minimum atomic E-state index is -4.91. The highest BCUT2D eigenvalue weighted by molar-refractivity contribution is 5.91. The van der Waals surface area contributed by atoms with Crippen molar-refractivity contribution in [1.29, 1.82) is 0 Å². The quantitative estimate of drug-likeness (QED) is 0.575. The second-order valence-electron chi connectivity index (χ2n) is 8.20. The third-order valence-corrected chi connectivity index (χ3v) is 6.46. The average Bonchev–Trinajstić information content (AvgIpc) is 2.71. The minimum absolute atomic E-state index is 0.00941. The Bertz CT molecular complexity index is 1210. The zero-order chi connectivity index (χ0) is 22.6. The fourth-order valence-electron chi connectivity index (χ4n) is 4.88. The number of halogens is 3. The summed E-state index contributed by atoms with van der Waals surface area (Å²) in [4.78, 5) is 14.4. The number of nitrogens with one attached hydrogen (secondary N) is 2. The van der Waals surface area contributed by atoms with E-state index in [-0.39, 0.29) is 12.0 Å². The number of aromatic amines is 1. The van der Waals surface area contributed by atoms with Gasteiger partial charge in [-0.15, -0.1) is 0 Å². The number of pyridine rings is 1. The number of rotatable bonds is 3. The number of methoxy groups -OCH3 is 1. The summed E-state index contributed by atoms with van der Waals surface area (Å²) >= 11 is 0. The lowest BCUT2D eigenvalue weighted by Gasteiger charge is -2.53. The van der Waals surface area contributed by atoms with Crippen molar-refractivity contribution in [3.05, 3.63) is 70.0 Å². The van der Waals surface area contributed by atoms with Crippen LogP contribution in [0.1, 0.15) is 25.0 Å². The van der Waals surface area contributed by atoms with Gasteiger partial charge in [-0.3, -0.25) is 4.79 Å². The molecule has 1 aliphatic rings. The van der Waals surface area contributed by atoms with Gasteiger partial charge in [0.15, 0.2) is 5.60 Å². The molecule has 3 atom stereocenters. The molecule has 0 spiro atoms. The highest BCUT2D eigenvalue weighted by atomic mass is 19.4. The van der Waals surface area contributed by atoms with Gasteiger partial charge in [0.25, 0.3) is 0 Å². The van der Waals surface area contributed by atoms with Gasteiger partial charge < -0.3 is 20.1 Å². The van der Waals surface area contributed by atoms with E-state index >= 15 is 0 Å². The van der Waals surface area contributed by atoms with Crippen LogP contribution >= 0.6 is 0 Å². The fourth-order valence-corrected chi connectivity index (χ4v) is 4.88. The van der Waals surface area contributed by atoms with Crippen molar-refractivity contribution in [3.8, 4) is 5.75 Å². The van der Waals surface area contributed by atoms with Crippen LogP contribution in [0, 0.1) is 5.92 Å². The lowest BCUT2D eigenvalue weighted by molar-refractivity contribution is -0.302. The number of aromatic nitrogens is 1. The Hall–Kier alpha value is -3.00. The molecule has 1 aliphatic carbocycles. The van der Waals surface area contributed by atoms with Gasteiger partial charge in [-0.25, -0.2) is 0 Å². The monoisotopic (exact) mass is 432 g/mol. The highest BCUT2D eigenvalue weighted by Gasteiger charge is 2.69. The molecule has 0 radical (unpaired) electrons. The molecule has 5 nitrogen and oxygen atoms in total. The first kappa shape index (κ1) is 21.2. The number of anilines is 1. The molecule has 31 heavy (non-hydrogen) atoms. The molecule has 4 rings (SSSR count). The van der Waals surface area contributed by atoms with Crippen molar-refractivity contribution in [1.82, 2.24) is 4.98 Å². The average molecular weight is 432 g/mol. The molecule has 1 heterocycles. The molecule has 8 heteroatoms. The third-order valence-electron chi connectivity index (χ3n) is 6.46. The van der Waals surface area contributed by atoms with Crippen molar-refractivity contribution in [2.45, 2.75) is 37.6 Å². The predicted molar refractivity (Wildman–Crippen MR) is 112 cm³/mol. The summed E-state index contributed by atoms with van der Waals surface area (Å²) in [7, 11) is 1.47. The standard InChI is InChI=1S/C23H23F3N2O3/c1-13-12-15-16(6-4-9-19(15)31-3)21(2,22(13,30)23(24,25)26)28-18-8-5-7-17-14(18)10-11-20(29)27-17/h4-11,13,28,30H,12H2,1-3H3,(H,27,29). The zero-order valence-electron chi connectivity index (χ0n) is 17.3. The summed E-state index contributed by atoms with van der Waals surface area (Å²) in [6, 6.07) is 12.7. The molecule has 0 amide bonds. The van der Waals surface area contributed by atoms with Crippen molar-refractivity contribution < 1.29 is 23.0 Å². The van der Waals surface area contributed by atoms with Crippen molar-refractivity contribution in [3.63, 3.8) is 0 Å². The number of hydrogen-bond donors (Lipinski definition) is 3. The van der Waals surface area contributed by atoms with Gasteiger partial charge >= 0.3 is 6.18 Å². The summed E-state index contributed by atoms with van der Waals surface area (Å²) in [5, 5.41) is 14.8. The smallest absolute Gasteiger partial charge is 0.420 e. The fraction of sp³-hybridized carbons (Fsp3) is 0.348. The Morgan fingerprint density at radius 1 is 1.16 bits per heavy atom. The first-order valence-electron chi connectivity index (χ1n) is 9.88. The van der Waals surface area contributed by atoms with E-state index in [1.807, 2.05) is 0 Å². The number of hydrogen-bond acceptors (Lipinski definition) is 4. The summed E-state index contributed by atoms with van der Waals surface area (Å²) < 4.78 is 48.8. The van der Waals surface area contributed by atoms with Gasteiger partial charge in [0, 0.05) is 28.6 Å². The molecule has 2 aromatic carbocycles. The Morgan fingerprint density at radius 2 is 1.87 bits per heavy atom. The van der Waals surface area contributed by atoms with Gasteiger partial charge in [-0.05, 0) is 43.2 Å². The number of H-pyrrole nitrogens is 1. The molecule has 0 fully saturated rings. The molecular weight excluding hydrogens is 409 g/mol. The molecule has 0 bridgehead atoms. The molecular formula is C23H23F3N2O3. The number of aliphatic hydroxyl groups is 1. The van der Waals surface area contributed by atoms with E-state index in [9.17, 15) is 23.1 Å². The Morgan fingerprint density at radius 3 is 2.55 bits per heavy atom. The Balaban J connectivity index is 2.00. The molecule has 0 saturated heterocycles. The summed E-state index contributed by atoms with van der Waals surface area (Å²) in [6.07, 6.45) is -4.90. The molecule has 3 N–H and O–H groups in total. The van der Waals surface area contributed by atoms with E-state index in [4.69, 9.17) is 4.74 Å². The molecule has 164 valence electrons. The summed E-state index contributed by atoms with van der Waals surface area (Å²) in [5.74, 6) is -0.674. The topological polar surface area (TPSA) is 74.3 Å². The van der Waals surface area contributed by atoms with Crippen LogP contribution in [0.25, 0.3) is 10.9 Å². The maximum absolute atomic E-state index is 14.4. The maximum Gasteiger partial charge on any atom is 0.420 e. The van der Waals surface area contributed by atoms with Gasteiger partial charge in [0.05, 0.1) is 18.2 Å². The highest BCUT2D eigenvalue weighted by Crippen LogP contribution is 2.56. The Kier molecular flexibility index (Phi) is 4.81. The molecule has 0 saturated carbocycles. The van der Waals surface area contributed by atoms with Crippen LogP contribution in [-0.2, 0) is 12.0 Å². The van der Waals surface area contributed by atoms with E-state index in [2.05, 4.69) is 10.3 Å². The number of benzene rings is 2. The van der Waals surface area contributed by atoms with Crippen LogP contribution in [-0.4, -0.2) is 29.0 Å². The van der Waals surface area contributed by atoms with Gasteiger partial charge in [-0.1, -0.05) is 25.1 Å². The van der Waals surface area contributed by atoms with E-state index in [0.717, 1.165) is 0 Å². The van der Waals surface area contributed by atoms with Crippen molar-refractivity contribution in [2.24, 2.45) is 5.92 Å². The van der Waals surface area contributed by atoms with E-state index < -0.39 is 23.2 Å². The minimum Gasteiger partial charge on any atom is -0.496 e. The first-order chi connectivity index (χ1) is 14.5. The largest absolute Gasteiger partial charge is 0.496 e. The molecule has 1 aromatic heterocycles. The number of alkyl halides is 3. The van der Waals surface area contributed by atoms with Gasteiger partial charge in [0.2, 0.25) is 5.56 Å². The van der Waals surface area contributed by atoms with Crippen molar-refractivity contribution >= 4 is 16.6 Å². The van der Waals surface area contributed by atoms with Gasteiger partial charge in [-0.2, -0.15) is 13.2 Å². The van der Waals surface area contributed by atoms with E-state index in [0.29, 0.717) is 33.5 Å². The molecule has 3 unspecified atom stereocenters. The van der Waals surface area contributed by atoms with Crippen LogP contribution in [0.5, 0.6) is 5.75 Å². The van der Waals surface area contributed by atoms with E-state index in [1.54, 1.807) is 42.5 Å². The molecule has 0 aliphatic heterocycles. The first-order valence-corrected chi connectivity index (χ1v) is 9.88.